The van der Waals surface area contributed by atoms with E-state index in [-0.39, 0.29) is 6.04 Å². The summed E-state index contributed by atoms with van der Waals surface area (Å²) in [6.07, 6.45) is 0. The van der Waals surface area contributed by atoms with Crippen LogP contribution < -0.4 is 10.5 Å². The molecule has 2 aromatic rings. The topological polar surface area (TPSA) is 35.2 Å². The Morgan fingerprint density at radius 3 is 2.35 bits per heavy atom. The molecule has 2 aromatic carbocycles. The minimum Gasteiger partial charge on any atom is -0.496 e. The molecule has 3 heteroatoms. The second kappa shape index (κ2) is 5.86. The lowest BCUT2D eigenvalue weighted by atomic mass is 9.93. The van der Waals surface area contributed by atoms with E-state index in [1.807, 2.05) is 31.2 Å². The molecule has 0 saturated carbocycles. The zero-order valence-corrected chi connectivity index (χ0v) is 13.1. The van der Waals surface area contributed by atoms with Gasteiger partial charge in [0.1, 0.15) is 5.75 Å². The number of hydrogen-bond donors (Lipinski definition) is 1. The van der Waals surface area contributed by atoms with Gasteiger partial charge in [-0.3, -0.25) is 0 Å². The molecule has 0 heterocycles. The van der Waals surface area contributed by atoms with Crippen LogP contribution >= 0.6 is 11.6 Å². The SMILES string of the molecule is COc1cc(C)cc(C)c1C(N)c1ccc(Cl)c(C)c1. The third-order valence-corrected chi connectivity index (χ3v) is 3.99. The van der Waals surface area contributed by atoms with Gasteiger partial charge in [0.25, 0.3) is 0 Å². The molecule has 0 radical (unpaired) electrons. The number of methoxy groups -OCH3 is 1. The summed E-state index contributed by atoms with van der Waals surface area (Å²) in [6, 6.07) is 9.82. The van der Waals surface area contributed by atoms with Crippen molar-refractivity contribution in [3.05, 3.63) is 63.2 Å². The molecule has 1 unspecified atom stereocenters. The number of benzene rings is 2. The lowest BCUT2D eigenvalue weighted by Gasteiger charge is -2.20. The molecule has 0 bridgehead atoms. The van der Waals surface area contributed by atoms with Gasteiger partial charge >= 0.3 is 0 Å². The van der Waals surface area contributed by atoms with Crippen LogP contribution in [-0.2, 0) is 0 Å². The standard InChI is InChI=1S/C17H20ClNO/c1-10-7-12(3)16(15(8-10)20-4)17(19)13-5-6-14(18)11(2)9-13/h5-9,17H,19H2,1-4H3. The summed E-state index contributed by atoms with van der Waals surface area (Å²) in [4.78, 5) is 0. The van der Waals surface area contributed by atoms with E-state index < -0.39 is 0 Å². The van der Waals surface area contributed by atoms with Crippen LogP contribution in [0.3, 0.4) is 0 Å². The Labute approximate surface area is 125 Å². The van der Waals surface area contributed by atoms with Crippen molar-refractivity contribution in [3.8, 4) is 5.75 Å². The number of hydrogen-bond acceptors (Lipinski definition) is 2. The molecular formula is C17H20ClNO. The van der Waals surface area contributed by atoms with E-state index in [9.17, 15) is 0 Å². The highest BCUT2D eigenvalue weighted by Crippen LogP contribution is 2.33. The average molecular weight is 290 g/mol. The van der Waals surface area contributed by atoms with Crippen LogP contribution in [0.1, 0.15) is 33.9 Å². The molecule has 0 aliphatic heterocycles. The summed E-state index contributed by atoms with van der Waals surface area (Å²) in [7, 11) is 1.68. The Hall–Kier alpha value is -1.51. The predicted octanol–water partition coefficient (Wildman–Crippen LogP) is 4.32. The first-order valence-electron chi connectivity index (χ1n) is 6.60. The fourth-order valence-corrected chi connectivity index (χ4v) is 2.65. The van der Waals surface area contributed by atoms with Crippen LogP contribution in [0.5, 0.6) is 5.75 Å². The van der Waals surface area contributed by atoms with E-state index >= 15 is 0 Å². The Bertz CT molecular complexity index is 637. The number of ether oxygens (including phenoxy) is 1. The highest BCUT2D eigenvalue weighted by Gasteiger charge is 2.17. The van der Waals surface area contributed by atoms with E-state index in [0.717, 1.165) is 33.0 Å². The van der Waals surface area contributed by atoms with Gasteiger partial charge in [0.05, 0.1) is 13.2 Å². The lowest BCUT2D eigenvalue weighted by Crippen LogP contribution is -2.15. The molecule has 1 atom stereocenters. The number of nitrogens with two attached hydrogens (primary N) is 1. The summed E-state index contributed by atoms with van der Waals surface area (Å²) in [5, 5.41) is 0.758. The second-order valence-corrected chi connectivity index (χ2v) is 5.59. The van der Waals surface area contributed by atoms with Crippen molar-refractivity contribution in [1.29, 1.82) is 0 Å². The van der Waals surface area contributed by atoms with Crippen molar-refractivity contribution in [1.82, 2.24) is 0 Å². The summed E-state index contributed by atoms with van der Waals surface area (Å²) < 4.78 is 5.50. The van der Waals surface area contributed by atoms with E-state index in [0.29, 0.717) is 0 Å². The first-order valence-corrected chi connectivity index (χ1v) is 6.98. The molecule has 0 saturated heterocycles. The fourth-order valence-electron chi connectivity index (χ4n) is 2.54. The molecule has 0 aliphatic rings. The first-order chi connectivity index (χ1) is 9.43. The van der Waals surface area contributed by atoms with Crippen molar-refractivity contribution in [2.75, 3.05) is 7.11 Å². The van der Waals surface area contributed by atoms with Gasteiger partial charge in [-0.1, -0.05) is 29.8 Å². The normalized spacial score (nSPS) is 12.3. The maximum absolute atomic E-state index is 6.44. The molecule has 0 aliphatic carbocycles. The van der Waals surface area contributed by atoms with Crippen molar-refractivity contribution in [3.63, 3.8) is 0 Å². The lowest BCUT2D eigenvalue weighted by molar-refractivity contribution is 0.407. The van der Waals surface area contributed by atoms with Crippen LogP contribution in [0, 0.1) is 20.8 Å². The van der Waals surface area contributed by atoms with Gasteiger partial charge in [0.15, 0.2) is 0 Å². The summed E-state index contributed by atoms with van der Waals surface area (Å²) in [6.45, 7) is 6.10. The van der Waals surface area contributed by atoms with Crippen molar-refractivity contribution in [2.24, 2.45) is 5.73 Å². The monoisotopic (exact) mass is 289 g/mol. The van der Waals surface area contributed by atoms with Gasteiger partial charge < -0.3 is 10.5 Å². The Balaban J connectivity index is 2.52. The highest BCUT2D eigenvalue weighted by atomic mass is 35.5. The second-order valence-electron chi connectivity index (χ2n) is 5.18. The van der Waals surface area contributed by atoms with Gasteiger partial charge in [-0.15, -0.1) is 0 Å². The largest absolute Gasteiger partial charge is 0.496 e. The van der Waals surface area contributed by atoms with Gasteiger partial charge in [0.2, 0.25) is 0 Å². The van der Waals surface area contributed by atoms with E-state index in [1.165, 1.54) is 5.56 Å². The van der Waals surface area contributed by atoms with Crippen LogP contribution in [0.25, 0.3) is 0 Å². The molecule has 2 nitrogen and oxygen atoms in total. The minimum absolute atomic E-state index is 0.221. The minimum atomic E-state index is -0.221. The molecule has 2 N–H and O–H groups in total. The maximum Gasteiger partial charge on any atom is 0.124 e. The predicted molar refractivity (Wildman–Crippen MR) is 84.7 cm³/mol. The Morgan fingerprint density at radius 1 is 1.05 bits per heavy atom. The van der Waals surface area contributed by atoms with E-state index in [4.69, 9.17) is 22.1 Å². The summed E-state index contributed by atoms with van der Waals surface area (Å²) >= 11 is 6.08. The third-order valence-electron chi connectivity index (χ3n) is 3.57. The van der Waals surface area contributed by atoms with Crippen LogP contribution in [0.2, 0.25) is 5.02 Å². The third kappa shape index (κ3) is 2.82. The van der Waals surface area contributed by atoms with Crippen LogP contribution in [0.4, 0.5) is 0 Å². The molecule has 106 valence electrons. The first kappa shape index (κ1) is 14.9. The van der Waals surface area contributed by atoms with Gasteiger partial charge in [-0.25, -0.2) is 0 Å². The smallest absolute Gasteiger partial charge is 0.124 e. The Kier molecular flexibility index (Phi) is 4.36. The van der Waals surface area contributed by atoms with E-state index in [1.54, 1.807) is 7.11 Å². The van der Waals surface area contributed by atoms with Crippen LogP contribution in [-0.4, -0.2) is 7.11 Å². The molecule has 0 aromatic heterocycles. The van der Waals surface area contributed by atoms with Crippen molar-refractivity contribution >= 4 is 11.6 Å². The number of halogens is 1. The zero-order valence-electron chi connectivity index (χ0n) is 12.3. The van der Waals surface area contributed by atoms with Crippen molar-refractivity contribution < 1.29 is 4.74 Å². The summed E-state index contributed by atoms with van der Waals surface area (Å²) in [5.41, 5.74) is 11.8. The van der Waals surface area contributed by atoms with Gasteiger partial charge in [-0.05, 0) is 55.2 Å². The number of aryl methyl sites for hydroxylation is 3. The Morgan fingerprint density at radius 2 is 1.75 bits per heavy atom. The molecular weight excluding hydrogens is 270 g/mol. The van der Waals surface area contributed by atoms with Gasteiger partial charge in [-0.2, -0.15) is 0 Å². The van der Waals surface area contributed by atoms with Gasteiger partial charge in [0, 0.05) is 10.6 Å². The highest BCUT2D eigenvalue weighted by molar-refractivity contribution is 6.31. The molecule has 0 spiro atoms. The zero-order chi connectivity index (χ0) is 14.9. The fraction of sp³-hybridized carbons (Fsp3) is 0.294. The average Bonchev–Trinajstić information content (AvgIpc) is 2.40. The molecule has 2 rings (SSSR count). The molecule has 0 amide bonds. The summed E-state index contributed by atoms with van der Waals surface area (Å²) in [5.74, 6) is 0.836. The molecule has 20 heavy (non-hydrogen) atoms. The van der Waals surface area contributed by atoms with Crippen LogP contribution in [0.15, 0.2) is 30.3 Å². The van der Waals surface area contributed by atoms with E-state index in [2.05, 4.69) is 19.9 Å². The quantitative estimate of drug-likeness (QED) is 0.913. The maximum atomic E-state index is 6.44. The molecule has 0 fully saturated rings. The number of rotatable bonds is 3. The van der Waals surface area contributed by atoms with Crippen molar-refractivity contribution in [2.45, 2.75) is 26.8 Å².